The summed E-state index contributed by atoms with van der Waals surface area (Å²) in [5.74, 6) is -0.107. The van der Waals surface area contributed by atoms with Crippen LogP contribution in [-0.4, -0.2) is 35.7 Å². The van der Waals surface area contributed by atoms with E-state index in [1.54, 1.807) is 6.92 Å². The van der Waals surface area contributed by atoms with E-state index in [2.05, 4.69) is 10.6 Å². The van der Waals surface area contributed by atoms with Crippen molar-refractivity contribution in [1.29, 1.82) is 0 Å². The van der Waals surface area contributed by atoms with E-state index >= 15 is 0 Å². The highest BCUT2D eigenvalue weighted by Gasteiger charge is 2.27. The largest absolute Gasteiger partial charge is 0.391 e. The van der Waals surface area contributed by atoms with Crippen molar-refractivity contribution in [3.8, 4) is 0 Å². The lowest BCUT2D eigenvalue weighted by Gasteiger charge is -2.30. The van der Waals surface area contributed by atoms with Crippen LogP contribution >= 0.6 is 0 Å². The normalized spacial score (nSPS) is 15.9. The van der Waals surface area contributed by atoms with E-state index in [1.807, 2.05) is 27.7 Å². The molecule has 4 heteroatoms. The topological polar surface area (TPSA) is 61.4 Å². The van der Waals surface area contributed by atoms with E-state index in [4.69, 9.17) is 0 Å². The summed E-state index contributed by atoms with van der Waals surface area (Å²) in [5.41, 5.74) is -0.572. The Kier molecular flexibility index (Phi) is 5.83. The Morgan fingerprint density at radius 1 is 1.40 bits per heavy atom. The van der Waals surface area contributed by atoms with Gasteiger partial charge in [-0.05, 0) is 27.3 Å². The van der Waals surface area contributed by atoms with Crippen LogP contribution in [-0.2, 0) is 4.79 Å². The molecular weight excluding hydrogens is 192 g/mol. The first-order chi connectivity index (χ1) is 6.81. The van der Waals surface area contributed by atoms with Crippen LogP contribution in [0.25, 0.3) is 0 Å². The summed E-state index contributed by atoms with van der Waals surface area (Å²) >= 11 is 0. The van der Waals surface area contributed by atoms with Crippen molar-refractivity contribution in [2.75, 3.05) is 13.1 Å². The number of amides is 1. The third-order valence-corrected chi connectivity index (χ3v) is 2.64. The number of aliphatic hydroxyl groups is 1. The molecule has 0 aromatic carbocycles. The summed E-state index contributed by atoms with van der Waals surface area (Å²) in [7, 11) is 0. The fourth-order valence-electron chi connectivity index (χ4n) is 0.999. The number of nitrogens with one attached hydrogen (secondary N) is 2. The van der Waals surface area contributed by atoms with Crippen LogP contribution in [0.1, 0.15) is 34.6 Å². The highest BCUT2D eigenvalue weighted by Crippen LogP contribution is 2.09. The van der Waals surface area contributed by atoms with E-state index < -0.39 is 11.6 Å². The molecule has 0 aromatic heterocycles. The fraction of sp³-hybridized carbons (Fsp3) is 0.909. The molecule has 0 saturated carbocycles. The van der Waals surface area contributed by atoms with Crippen LogP contribution in [0.4, 0.5) is 0 Å². The molecule has 2 unspecified atom stereocenters. The summed E-state index contributed by atoms with van der Waals surface area (Å²) < 4.78 is 0. The average Bonchev–Trinajstić information content (AvgIpc) is 2.13. The minimum atomic E-state index is -0.572. The predicted molar refractivity (Wildman–Crippen MR) is 61.6 cm³/mol. The van der Waals surface area contributed by atoms with E-state index in [1.165, 1.54) is 0 Å². The molecule has 0 saturated heterocycles. The molecule has 0 heterocycles. The summed E-state index contributed by atoms with van der Waals surface area (Å²) in [4.78, 5) is 11.7. The van der Waals surface area contributed by atoms with Gasteiger partial charge in [-0.1, -0.05) is 13.8 Å². The molecule has 2 atom stereocenters. The smallest absolute Gasteiger partial charge is 0.224 e. The Bertz CT molecular complexity index is 203. The molecule has 3 N–H and O–H groups in total. The number of hydrogen-bond acceptors (Lipinski definition) is 3. The zero-order valence-corrected chi connectivity index (χ0v) is 10.4. The molecule has 0 aliphatic rings. The molecular formula is C11H24N2O2. The van der Waals surface area contributed by atoms with Gasteiger partial charge in [0, 0.05) is 12.5 Å². The van der Waals surface area contributed by atoms with Gasteiger partial charge in [0.25, 0.3) is 0 Å². The molecule has 15 heavy (non-hydrogen) atoms. The van der Waals surface area contributed by atoms with Crippen LogP contribution in [0.3, 0.4) is 0 Å². The van der Waals surface area contributed by atoms with Crippen molar-refractivity contribution < 1.29 is 9.90 Å². The van der Waals surface area contributed by atoms with Crippen molar-refractivity contribution in [3.05, 3.63) is 0 Å². The average molecular weight is 216 g/mol. The molecule has 0 fully saturated rings. The van der Waals surface area contributed by atoms with E-state index in [0.717, 1.165) is 6.54 Å². The van der Waals surface area contributed by atoms with E-state index in [0.29, 0.717) is 6.54 Å². The van der Waals surface area contributed by atoms with Gasteiger partial charge in [0.2, 0.25) is 5.91 Å². The lowest BCUT2D eigenvalue weighted by Crippen LogP contribution is -2.53. The van der Waals surface area contributed by atoms with Crippen molar-refractivity contribution >= 4 is 5.91 Å². The zero-order chi connectivity index (χ0) is 12.1. The SMILES string of the molecule is CCNCC(C)C(=O)NC(C)(C)C(C)O. The Morgan fingerprint density at radius 3 is 2.33 bits per heavy atom. The number of rotatable bonds is 6. The Morgan fingerprint density at radius 2 is 1.93 bits per heavy atom. The van der Waals surface area contributed by atoms with Crippen LogP contribution in [0.2, 0.25) is 0 Å². The van der Waals surface area contributed by atoms with Crippen molar-refractivity contribution in [3.63, 3.8) is 0 Å². The summed E-state index contributed by atoms with van der Waals surface area (Å²) in [6.45, 7) is 10.7. The molecule has 0 aliphatic heterocycles. The van der Waals surface area contributed by atoms with Gasteiger partial charge >= 0.3 is 0 Å². The molecule has 0 aliphatic carbocycles. The van der Waals surface area contributed by atoms with Gasteiger partial charge in [-0.3, -0.25) is 4.79 Å². The fourth-order valence-corrected chi connectivity index (χ4v) is 0.999. The van der Waals surface area contributed by atoms with E-state index in [9.17, 15) is 9.90 Å². The number of carbonyl (C=O) groups excluding carboxylic acids is 1. The third kappa shape index (κ3) is 5.14. The van der Waals surface area contributed by atoms with Gasteiger partial charge in [-0.15, -0.1) is 0 Å². The Hall–Kier alpha value is -0.610. The molecule has 0 spiro atoms. The van der Waals surface area contributed by atoms with Gasteiger partial charge in [0.15, 0.2) is 0 Å². The second-order valence-electron chi connectivity index (χ2n) is 4.60. The molecule has 0 aromatic rings. The first kappa shape index (κ1) is 14.4. The number of aliphatic hydroxyl groups excluding tert-OH is 1. The Balaban J connectivity index is 4.12. The van der Waals surface area contributed by atoms with Crippen LogP contribution in [0.5, 0.6) is 0 Å². The minimum Gasteiger partial charge on any atom is -0.391 e. The second-order valence-corrected chi connectivity index (χ2v) is 4.60. The lowest BCUT2D eigenvalue weighted by atomic mass is 9.97. The first-order valence-electron chi connectivity index (χ1n) is 5.52. The van der Waals surface area contributed by atoms with Gasteiger partial charge in [-0.2, -0.15) is 0 Å². The Labute approximate surface area is 92.4 Å². The second kappa shape index (κ2) is 6.08. The van der Waals surface area contributed by atoms with Crippen LogP contribution in [0.15, 0.2) is 0 Å². The quantitative estimate of drug-likeness (QED) is 0.606. The standard InChI is InChI=1S/C11H24N2O2/c1-6-12-7-8(2)10(15)13-11(4,5)9(3)14/h8-9,12,14H,6-7H2,1-5H3,(H,13,15). The molecule has 0 rings (SSSR count). The van der Waals surface area contributed by atoms with Crippen molar-refractivity contribution in [2.45, 2.75) is 46.3 Å². The van der Waals surface area contributed by atoms with Gasteiger partial charge < -0.3 is 15.7 Å². The monoisotopic (exact) mass is 216 g/mol. The van der Waals surface area contributed by atoms with Gasteiger partial charge in [0.1, 0.15) is 0 Å². The lowest BCUT2D eigenvalue weighted by molar-refractivity contribution is -0.127. The molecule has 0 radical (unpaired) electrons. The van der Waals surface area contributed by atoms with Crippen molar-refractivity contribution in [2.24, 2.45) is 5.92 Å². The van der Waals surface area contributed by atoms with Crippen molar-refractivity contribution in [1.82, 2.24) is 10.6 Å². The third-order valence-electron chi connectivity index (χ3n) is 2.64. The summed E-state index contributed by atoms with van der Waals surface area (Å²) in [5, 5.41) is 15.4. The van der Waals surface area contributed by atoms with Crippen LogP contribution < -0.4 is 10.6 Å². The molecule has 90 valence electrons. The molecule has 1 amide bonds. The predicted octanol–water partition coefficient (Wildman–Crippen LogP) is 0.508. The maximum absolute atomic E-state index is 11.7. The van der Waals surface area contributed by atoms with E-state index in [-0.39, 0.29) is 11.8 Å². The number of hydrogen-bond donors (Lipinski definition) is 3. The molecule has 0 bridgehead atoms. The highest BCUT2D eigenvalue weighted by atomic mass is 16.3. The number of carbonyl (C=O) groups is 1. The molecule has 4 nitrogen and oxygen atoms in total. The highest BCUT2D eigenvalue weighted by molar-refractivity contribution is 5.79. The van der Waals surface area contributed by atoms with Gasteiger partial charge in [-0.25, -0.2) is 0 Å². The summed E-state index contributed by atoms with van der Waals surface area (Å²) in [6.07, 6.45) is -0.562. The summed E-state index contributed by atoms with van der Waals surface area (Å²) in [6, 6.07) is 0. The maximum Gasteiger partial charge on any atom is 0.224 e. The van der Waals surface area contributed by atoms with Gasteiger partial charge in [0.05, 0.1) is 11.6 Å². The van der Waals surface area contributed by atoms with Crippen LogP contribution in [0, 0.1) is 5.92 Å². The maximum atomic E-state index is 11.7. The first-order valence-corrected chi connectivity index (χ1v) is 5.52. The minimum absolute atomic E-state index is 0.0261. The zero-order valence-electron chi connectivity index (χ0n) is 10.4.